The molecule has 1 saturated heterocycles. The molecule has 3 rings (SSSR count). The third kappa shape index (κ3) is 2.51. The van der Waals surface area contributed by atoms with Crippen LogP contribution in [0.2, 0.25) is 5.02 Å². The highest BCUT2D eigenvalue weighted by atomic mass is 35.5. The maximum absolute atomic E-state index is 11.4. The van der Waals surface area contributed by atoms with E-state index in [-0.39, 0.29) is 29.1 Å². The maximum Gasteiger partial charge on any atom is 0.259 e. The van der Waals surface area contributed by atoms with E-state index in [9.17, 15) is 13.5 Å². The molecule has 20 heavy (non-hydrogen) atoms. The second kappa shape index (κ2) is 4.75. The van der Waals surface area contributed by atoms with Gasteiger partial charge in [-0.3, -0.25) is 0 Å². The lowest BCUT2D eigenvalue weighted by molar-refractivity contribution is 0.417. The van der Waals surface area contributed by atoms with Gasteiger partial charge in [0.15, 0.2) is 15.7 Å². The molecule has 1 N–H and O–H groups in total. The predicted molar refractivity (Wildman–Crippen MR) is 72.4 cm³/mol. The van der Waals surface area contributed by atoms with E-state index in [2.05, 4.69) is 10.1 Å². The first kappa shape index (κ1) is 13.4. The number of aromatic nitrogens is 2. The van der Waals surface area contributed by atoms with E-state index >= 15 is 0 Å². The number of halogens is 1. The number of sulfone groups is 1. The average Bonchev–Trinajstić information content (AvgIpc) is 2.98. The Morgan fingerprint density at radius 1 is 1.40 bits per heavy atom. The number of nitrogens with zero attached hydrogens (tertiary/aromatic N) is 2. The van der Waals surface area contributed by atoms with Crippen LogP contribution >= 0.6 is 11.6 Å². The SMILES string of the molecule is O=S1(=O)CCC(c2noc(-c3cc(O)ccc3Cl)n2)C1. The molecule has 106 valence electrons. The molecule has 1 aliphatic heterocycles. The molecule has 1 unspecified atom stereocenters. The molecule has 2 heterocycles. The number of hydrogen-bond donors (Lipinski definition) is 1. The fraction of sp³-hybridized carbons (Fsp3) is 0.333. The summed E-state index contributed by atoms with van der Waals surface area (Å²) in [6.45, 7) is 0. The molecule has 0 radical (unpaired) electrons. The summed E-state index contributed by atoms with van der Waals surface area (Å²) >= 11 is 6.01. The Kier molecular flexibility index (Phi) is 3.18. The molecular formula is C12H11ClN2O4S. The van der Waals surface area contributed by atoms with E-state index in [1.165, 1.54) is 18.2 Å². The van der Waals surface area contributed by atoms with Gasteiger partial charge >= 0.3 is 0 Å². The first-order valence-corrected chi connectivity index (χ1v) is 8.17. The minimum Gasteiger partial charge on any atom is -0.508 e. The quantitative estimate of drug-likeness (QED) is 0.911. The van der Waals surface area contributed by atoms with Crippen LogP contribution in [0.4, 0.5) is 0 Å². The molecular weight excluding hydrogens is 304 g/mol. The van der Waals surface area contributed by atoms with Crippen LogP contribution in [-0.2, 0) is 9.84 Å². The molecule has 1 fully saturated rings. The van der Waals surface area contributed by atoms with Crippen molar-refractivity contribution in [1.82, 2.24) is 10.1 Å². The van der Waals surface area contributed by atoms with Gasteiger partial charge in [-0.1, -0.05) is 16.8 Å². The van der Waals surface area contributed by atoms with Gasteiger partial charge in [0.25, 0.3) is 5.89 Å². The van der Waals surface area contributed by atoms with Crippen molar-refractivity contribution in [2.24, 2.45) is 0 Å². The molecule has 8 heteroatoms. The number of phenols is 1. The summed E-state index contributed by atoms with van der Waals surface area (Å²) < 4.78 is 28.0. The Morgan fingerprint density at radius 2 is 2.20 bits per heavy atom. The molecule has 0 bridgehead atoms. The summed E-state index contributed by atoms with van der Waals surface area (Å²) in [4.78, 5) is 4.19. The van der Waals surface area contributed by atoms with Crippen LogP contribution in [0, 0.1) is 0 Å². The van der Waals surface area contributed by atoms with Gasteiger partial charge in [0, 0.05) is 5.92 Å². The van der Waals surface area contributed by atoms with Crippen LogP contribution < -0.4 is 0 Å². The van der Waals surface area contributed by atoms with Gasteiger partial charge in [0.05, 0.1) is 22.1 Å². The first-order valence-electron chi connectivity index (χ1n) is 5.97. The van der Waals surface area contributed by atoms with Crippen molar-refractivity contribution in [1.29, 1.82) is 0 Å². The fourth-order valence-electron chi connectivity index (χ4n) is 2.19. The van der Waals surface area contributed by atoms with Gasteiger partial charge in [-0.2, -0.15) is 4.98 Å². The number of hydrogen-bond acceptors (Lipinski definition) is 6. The van der Waals surface area contributed by atoms with Crippen LogP contribution in [0.3, 0.4) is 0 Å². The first-order chi connectivity index (χ1) is 9.44. The van der Waals surface area contributed by atoms with Crippen molar-refractivity contribution in [3.05, 3.63) is 29.0 Å². The van der Waals surface area contributed by atoms with Crippen LogP contribution in [0.25, 0.3) is 11.5 Å². The Hall–Kier alpha value is -1.60. The van der Waals surface area contributed by atoms with Crippen molar-refractivity contribution < 1.29 is 18.0 Å². The number of phenolic OH excluding ortho intramolecular Hbond substituents is 1. The Bertz CT molecular complexity index is 757. The summed E-state index contributed by atoms with van der Waals surface area (Å²) in [5, 5.41) is 13.7. The van der Waals surface area contributed by atoms with Crippen molar-refractivity contribution >= 4 is 21.4 Å². The average molecular weight is 315 g/mol. The summed E-state index contributed by atoms with van der Waals surface area (Å²) in [5.41, 5.74) is 0.422. The highest BCUT2D eigenvalue weighted by Gasteiger charge is 2.32. The van der Waals surface area contributed by atoms with E-state index in [1.54, 1.807) is 0 Å². The highest BCUT2D eigenvalue weighted by Crippen LogP contribution is 2.32. The minimum atomic E-state index is -3.00. The van der Waals surface area contributed by atoms with Crippen LogP contribution in [0.5, 0.6) is 5.75 Å². The highest BCUT2D eigenvalue weighted by molar-refractivity contribution is 7.91. The van der Waals surface area contributed by atoms with E-state index < -0.39 is 9.84 Å². The largest absolute Gasteiger partial charge is 0.508 e. The predicted octanol–water partition coefficient (Wildman–Crippen LogP) is 2.00. The molecule has 1 atom stereocenters. The molecule has 1 aliphatic rings. The van der Waals surface area contributed by atoms with Crippen molar-refractivity contribution in [2.75, 3.05) is 11.5 Å². The molecule has 0 aliphatic carbocycles. The summed E-state index contributed by atoms with van der Waals surface area (Å²) in [6.07, 6.45) is 0.495. The molecule has 1 aromatic carbocycles. The van der Waals surface area contributed by atoms with Gasteiger partial charge in [-0.15, -0.1) is 0 Å². The molecule has 6 nitrogen and oxygen atoms in total. The minimum absolute atomic E-state index is 0.0348. The van der Waals surface area contributed by atoms with Crippen molar-refractivity contribution in [3.63, 3.8) is 0 Å². The number of aromatic hydroxyl groups is 1. The Labute approximate surface area is 120 Å². The monoisotopic (exact) mass is 314 g/mol. The third-order valence-electron chi connectivity index (χ3n) is 3.22. The second-order valence-corrected chi connectivity index (χ2v) is 7.36. The zero-order chi connectivity index (χ0) is 14.3. The van der Waals surface area contributed by atoms with E-state index in [0.717, 1.165) is 0 Å². The van der Waals surface area contributed by atoms with Crippen LogP contribution in [0.1, 0.15) is 18.2 Å². The van der Waals surface area contributed by atoms with Gasteiger partial charge in [-0.05, 0) is 24.6 Å². The zero-order valence-electron chi connectivity index (χ0n) is 10.3. The molecule has 0 amide bonds. The summed E-state index contributed by atoms with van der Waals surface area (Å²) in [7, 11) is -3.00. The van der Waals surface area contributed by atoms with Crippen molar-refractivity contribution in [3.8, 4) is 17.2 Å². The van der Waals surface area contributed by atoms with Gasteiger partial charge < -0.3 is 9.63 Å². The summed E-state index contributed by atoms with van der Waals surface area (Å²) in [5.74, 6) is 0.514. The molecule has 1 aromatic heterocycles. The standard InChI is InChI=1S/C12H11ClN2O4S/c13-10-2-1-8(16)5-9(10)12-14-11(15-19-12)7-3-4-20(17,18)6-7/h1-2,5,7,16H,3-4,6H2. The Morgan fingerprint density at radius 3 is 2.90 bits per heavy atom. The number of rotatable bonds is 2. The summed E-state index contributed by atoms with van der Waals surface area (Å²) in [6, 6.07) is 4.40. The third-order valence-corrected chi connectivity index (χ3v) is 5.32. The molecule has 0 spiro atoms. The lowest BCUT2D eigenvalue weighted by atomic mass is 10.1. The van der Waals surface area contributed by atoms with E-state index in [0.29, 0.717) is 22.8 Å². The van der Waals surface area contributed by atoms with Gasteiger partial charge in [0.2, 0.25) is 0 Å². The normalized spacial score (nSPS) is 21.1. The van der Waals surface area contributed by atoms with Gasteiger partial charge in [-0.25, -0.2) is 8.42 Å². The van der Waals surface area contributed by atoms with Gasteiger partial charge in [0.1, 0.15) is 5.75 Å². The number of benzene rings is 1. The lowest BCUT2D eigenvalue weighted by Crippen LogP contribution is -2.05. The fourth-order valence-corrected chi connectivity index (χ4v) is 4.12. The second-order valence-electron chi connectivity index (χ2n) is 4.72. The van der Waals surface area contributed by atoms with Crippen LogP contribution in [0.15, 0.2) is 22.7 Å². The molecule has 0 saturated carbocycles. The zero-order valence-corrected chi connectivity index (χ0v) is 11.9. The maximum atomic E-state index is 11.4. The van der Waals surface area contributed by atoms with Crippen LogP contribution in [-0.4, -0.2) is 35.2 Å². The van der Waals surface area contributed by atoms with E-state index in [1.807, 2.05) is 0 Å². The van der Waals surface area contributed by atoms with E-state index in [4.69, 9.17) is 16.1 Å². The molecule has 2 aromatic rings. The topological polar surface area (TPSA) is 93.3 Å². The Balaban J connectivity index is 1.93. The van der Waals surface area contributed by atoms with Crippen molar-refractivity contribution in [2.45, 2.75) is 12.3 Å². The lowest BCUT2D eigenvalue weighted by Gasteiger charge is -2.00. The smallest absolute Gasteiger partial charge is 0.259 e.